The number of halogens is 1. The van der Waals surface area contributed by atoms with Crippen LogP contribution in [0, 0.1) is 17.8 Å². The molecule has 2 fully saturated rings. The van der Waals surface area contributed by atoms with Crippen LogP contribution < -0.4 is 14.9 Å². The monoisotopic (exact) mass is 512 g/mol. The summed E-state index contributed by atoms with van der Waals surface area (Å²) in [6.07, 6.45) is 3.84. The molecule has 2 heterocycles. The van der Waals surface area contributed by atoms with Gasteiger partial charge >= 0.3 is 4.87 Å². The number of benzene rings is 2. The lowest BCUT2D eigenvalue weighted by Gasteiger charge is -2.40. The number of fused-ring (bicyclic) bond motifs is 6. The zero-order chi connectivity index (χ0) is 23.4. The number of hydrogen-bond donors (Lipinski definition) is 1. The molecule has 0 spiro atoms. The molecule has 3 aromatic rings. The van der Waals surface area contributed by atoms with Crippen LogP contribution in [0.1, 0.15) is 35.6 Å². The summed E-state index contributed by atoms with van der Waals surface area (Å²) in [6.45, 7) is 0.0150. The van der Waals surface area contributed by atoms with Gasteiger partial charge < -0.3 is 10.1 Å². The SMILES string of the molecule is COc1ccc([C@@H]2c3sc(=O)n(CC(=O)Nc4ccc(Cl)cc4)c3SC3C4CCC(C4)C32)cc1. The molecule has 1 N–H and O–H groups in total. The van der Waals surface area contributed by atoms with Gasteiger partial charge in [-0.3, -0.25) is 14.2 Å². The average molecular weight is 513 g/mol. The molecule has 2 aliphatic carbocycles. The molecule has 1 aliphatic heterocycles. The molecular formula is C26H25ClN2O3S2. The van der Waals surface area contributed by atoms with Gasteiger partial charge in [-0.25, -0.2) is 0 Å². The predicted octanol–water partition coefficient (Wildman–Crippen LogP) is 5.86. The van der Waals surface area contributed by atoms with Crippen molar-refractivity contribution >= 4 is 46.3 Å². The van der Waals surface area contributed by atoms with E-state index in [-0.39, 0.29) is 23.2 Å². The molecule has 176 valence electrons. The molecule has 34 heavy (non-hydrogen) atoms. The largest absolute Gasteiger partial charge is 0.497 e. The average Bonchev–Trinajstić information content (AvgIpc) is 3.54. The second-order valence-electron chi connectivity index (χ2n) is 9.42. The van der Waals surface area contributed by atoms with Crippen LogP contribution in [-0.4, -0.2) is 22.8 Å². The maximum atomic E-state index is 13.2. The summed E-state index contributed by atoms with van der Waals surface area (Å²) in [4.78, 5) is 27.1. The van der Waals surface area contributed by atoms with Crippen molar-refractivity contribution in [2.24, 2.45) is 17.8 Å². The summed E-state index contributed by atoms with van der Waals surface area (Å²) in [5.41, 5.74) is 1.91. The Kier molecular flexibility index (Phi) is 5.74. The molecule has 2 aromatic carbocycles. The van der Waals surface area contributed by atoms with Gasteiger partial charge in [-0.15, -0.1) is 11.8 Å². The summed E-state index contributed by atoms with van der Waals surface area (Å²) in [5, 5.41) is 4.99. The molecule has 4 unspecified atom stereocenters. The smallest absolute Gasteiger partial charge is 0.308 e. The highest BCUT2D eigenvalue weighted by Crippen LogP contribution is 2.64. The second-order valence-corrected chi connectivity index (χ2v) is 12.0. The first-order valence-corrected chi connectivity index (χ1v) is 13.7. The minimum absolute atomic E-state index is 0.0150. The second kappa shape index (κ2) is 8.77. The van der Waals surface area contributed by atoms with Crippen molar-refractivity contribution in [2.75, 3.05) is 12.4 Å². The third-order valence-corrected chi connectivity index (χ3v) is 10.7. The maximum absolute atomic E-state index is 13.2. The van der Waals surface area contributed by atoms with E-state index in [0.29, 0.717) is 33.7 Å². The lowest BCUT2D eigenvalue weighted by Crippen LogP contribution is -2.34. The Hall–Kier alpha value is -2.22. The van der Waals surface area contributed by atoms with Crippen molar-refractivity contribution < 1.29 is 9.53 Å². The van der Waals surface area contributed by atoms with Crippen molar-refractivity contribution in [3.05, 3.63) is 73.7 Å². The van der Waals surface area contributed by atoms with E-state index in [9.17, 15) is 9.59 Å². The molecule has 1 amide bonds. The molecule has 2 saturated carbocycles. The van der Waals surface area contributed by atoms with Gasteiger partial charge in [0.2, 0.25) is 5.91 Å². The molecule has 2 bridgehead atoms. The van der Waals surface area contributed by atoms with Gasteiger partial charge in [-0.2, -0.15) is 0 Å². The van der Waals surface area contributed by atoms with Crippen molar-refractivity contribution in [1.29, 1.82) is 0 Å². The Balaban J connectivity index is 1.35. The van der Waals surface area contributed by atoms with E-state index in [0.717, 1.165) is 15.7 Å². The minimum atomic E-state index is -0.207. The Morgan fingerprint density at radius 3 is 2.59 bits per heavy atom. The molecule has 6 rings (SSSR count). The Morgan fingerprint density at radius 2 is 1.85 bits per heavy atom. The van der Waals surface area contributed by atoms with Crippen LogP contribution in [0.3, 0.4) is 0 Å². The van der Waals surface area contributed by atoms with Crippen LogP contribution in [0.15, 0.2) is 58.4 Å². The normalized spacial score (nSPS) is 26.7. The molecular weight excluding hydrogens is 488 g/mol. The first-order valence-electron chi connectivity index (χ1n) is 11.6. The van der Waals surface area contributed by atoms with E-state index in [1.165, 1.54) is 36.2 Å². The van der Waals surface area contributed by atoms with E-state index in [1.807, 2.05) is 23.9 Å². The number of nitrogens with zero attached hydrogens (tertiary/aromatic N) is 1. The molecule has 5 nitrogen and oxygen atoms in total. The number of anilines is 1. The molecule has 3 aliphatic rings. The van der Waals surface area contributed by atoms with Gasteiger partial charge in [0, 0.05) is 26.8 Å². The molecule has 0 radical (unpaired) electrons. The Labute approximate surface area is 211 Å². The van der Waals surface area contributed by atoms with E-state index in [1.54, 1.807) is 35.9 Å². The van der Waals surface area contributed by atoms with Crippen molar-refractivity contribution in [3.8, 4) is 5.75 Å². The number of thioether (sulfide) groups is 1. The topological polar surface area (TPSA) is 60.3 Å². The number of aromatic nitrogens is 1. The standard InChI is InChI=1S/C26H25ClN2O3S2/c1-32-19-10-4-14(5-11-19)21-22-15-2-3-16(12-15)23(22)33-25-24(21)34-26(31)29(25)13-20(30)28-18-8-6-17(27)7-9-18/h4-11,15-16,21-23H,2-3,12-13H2,1H3,(H,28,30)/t15?,16?,21-,22?,23?/m0/s1. The third kappa shape index (κ3) is 3.78. The van der Waals surface area contributed by atoms with Crippen molar-refractivity contribution in [3.63, 3.8) is 0 Å². The molecule has 8 heteroatoms. The van der Waals surface area contributed by atoms with Gasteiger partial charge in [-0.1, -0.05) is 35.1 Å². The number of ether oxygens (including phenoxy) is 1. The van der Waals surface area contributed by atoms with E-state index in [4.69, 9.17) is 16.3 Å². The number of carbonyl (C=O) groups is 1. The number of amides is 1. The van der Waals surface area contributed by atoms with Crippen LogP contribution in [0.4, 0.5) is 5.69 Å². The van der Waals surface area contributed by atoms with Crippen LogP contribution in [0.25, 0.3) is 0 Å². The molecule has 1 aromatic heterocycles. The highest BCUT2D eigenvalue weighted by molar-refractivity contribution is 8.00. The van der Waals surface area contributed by atoms with E-state index >= 15 is 0 Å². The summed E-state index contributed by atoms with van der Waals surface area (Å²) in [5.74, 6) is 2.77. The van der Waals surface area contributed by atoms with Crippen LogP contribution >= 0.6 is 34.7 Å². The lowest BCUT2D eigenvalue weighted by molar-refractivity contribution is -0.116. The minimum Gasteiger partial charge on any atom is -0.497 e. The number of nitrogens with one attached hydrogen (secondary N) is 1. The highest BCUT2D eigenvalue weighted by Gasteiger charge is 2.55. The third-order valence-electron chi connectivity index (χ3n) is 7.60. The molecule has 0 saturated heterocycles. The summed E-state index contributed by atoms with van der Waals surface area (Å²) < 4.78 is 7.07. The van der Waals surface area contributed by atoms with E-state index < -0.39 is 0 Å². The fourth-order valence-electron chi connectivity index (χ4n) is 6.15. The van der Waals surface area contributed by atoms with Gasteiger partial charge in [0.1, 0.15) is 12.3 Å². The maximum Gasteiger partial charge on any atom is 0.308 e. The molecule has 5 atom stereocenters. The summed E-state index contributed by atoms with van der Waals surface area (Å²) in [6, 6.07) is 15.3. The quantitative estimate of drug-likeness (QED) is 0.465. The zero-order valence-electron chi connectivity index (χ0n) is 18.7. The van der Waals surface area contributed by atoms with Gasteiger partial charge in [0.15, 0.2) is 0 Å². The number of rotatable bonds is 5. The number of methoxy groups -OCH3 is 1. The van der Waals surface area contributed by atoms with Crippen LogP contribution in [0.5, 0.6) is 5.75 Å². The number of hydrogen-bond acceptors (Lipinski definition) is 5. The fraction of sp³-hybridized carbons (Fsp3) is 0.385. The Morgan fingerprint density at radius 1 is 1.12 bits per heavy atom. The number of carbonyl (C=O) groups excluding carboxylic acids is 1. The van der Waals surface area contributed by atoms with E-state index in [2.05, 4.69) is 17.4 Å². The first-order chi connectivity index (χ1) is 16.5. The van der Waals surface area contributed by atoms with Crippen LogP contribution in [-0.2, 0) is 11.3 Å². The summed E-state index contributed by atoms with van der Waals surface area (Å²) >= 11 is 9.11. The van der Waals surface area contributed by atoms with Gasteiger partial charge in [0.25, 0.3) is 0 Å². The Bertz CT molecular complexity index is 1280. The number of thiazole rings is 1. The lowest BCUT2D eigenvalue weighted by atomic mass is 9.75. The van der Waals surface area contributed by atoms with Gasteiger partial charge in [0.05, 0.1) is 12.1 Å². The van der Waals surface area contributed by atoms with Gasteiger partial charge in [-0.05, 0) is 79.0 Å². The van der Waals surface area contributed by atoms with Crippen molar-refractivity contribution in [2.45, 2.75) is 42.0 Å². The highest BCUT2D eigenvalue weighted by atomic mass is 35.5. The van der Waals surface area contributed by atoms with Crippen LogP contribution in [0.2, 0.25) is 5.02 Å². The fourth-order valence-corrected chi connectivity index (χ4v) is 9.43. The first kappa shape index (κ1) is 22.3. The summed E-state index contributed by atoms with van der Waals surface area (Å²) in [7, 11) is 1.68. The van der Waals surface area contributed by atoms with Crippen molar-refractivity contribution in [1.82, 2.24) is 4.57 Å². The zero-order valence-corrected chi connectivity index (χ0v) is 21.1. The predicted molar refractivity (Wildman–Crippen MR) is 137 cm³/mol.